The van der Waals surface area contributed by atoms with Crippen molar-refractivity contribution < 1.29 is 14.3 Å². The SMILES string of the molecule is CCN(CC)C(=O)c1ccc(NC(=O)[C@H](C)Oc2ccc(C#N)cc2)cc1. The fourth-order valence-corrected chi connectivity index (χ4v) is 2.50. The van der Waals surface area contributed by atoms with Gasteiger partial charge in [0.2, 0.25) is 0 Å². The van der Waals surface area contributed by atoms with Gasteiger partial charge in [-0.05, 0) is 69.3 Å². The molecule has 1 N–H and O–H groups in total. The lowest BCUT2D eigenvalue weighted by atomic mass is 10.1. The molecule has 0 saturated carbocycles. The summed E-state index contributed by atoms with van der Waals surface area (Å²) in [5.41, 5.74) is 1.70. The molecular formula is C21H23N3O3. The number of anilines is 1. The Labute approximate surface area is 159 Å². The van der Waals surface area contributed by atoms with Crippen molar-refractivity contribution in [1.29, 1.82) is 5.26 Å². The van der Waals surface area contributed by atoms with Gasteiger partial charge in [0, 0.05) is 24.3 Å². The molecule has 2 aromatic carbocycles. The third-order valence-electron chi connectivity index (χ3n) is 4.12. The topological polar surface area (TPSA) is 82.4 Å². The maximum absolute atomic E-state index is 12.3. The number of nitrogens with one attached hydrogen (secondary N) is 1. The van der Waals surface area contributed by atoms with E-state index < -0.39 is 6.10 Å². The second-order valence-corrected chi connectivity index (χ2v) is 5.94. The minimum atomic E-state index is -0.713. The van der Waals surface area contributed by atoms with E-state index >= 15 is 0 Å². The molecule has 6 nitrogen and oxygen atoms in total. The van der Waals surface area contributed by atoms with E-state index in [0.29, 0.717) is 35.7 Å². The van der Waals surface area contributed by atoms with Crippen LogP contribution in [0.1, 0.15) is 36.7 Å². The van der Waals surface area contributed by atoms with Crippen LogP contribution in [0, 0.1) is 11.3 Å². The van der Waals surface area contributed by atoms with Crippen LogP contribution in [-0.4, -0.2) is 35.9 Å². The van der Waals surface area contributed by atoms with Crippen molar-refractivity contribution in [1.82, 2.24) is 4.90 Å². The van der Waals surface area contributed by atoms with Gasteiger partial charge in [-0.3, -0.25) is 9.59 Å². The van der Waals surface area contributed by atoms with Gasteiger partial charge in [0.1, 0.15) is 5.75 Å². The molecule has 2 aromatic rings. The highest BCUT2D eigenvalue weighted by Gasteiger charge is 2.16. The fraction of sp³-hybridized carbons (Fsp3) is 0.286. The molecule has 0 saturated heterocycles. The summed E-state index contributed by atoms with van der Waals surface area (Å²) in [6.07, 6.45) is -0.713. The van der Waals surface area contributed by atoms with E-state index in [4.69, 9.17) is 10.00 Å². The number of nitriles is 1. The molecule has 0 heterocycles. The number of carbonyl (C=O) groups is 2. The van der Waals surface area contributed by atoms with Gasteiger partial charge in [0.25, 0.3) is 11.8 Å². The molecule has 2 rings (SSSR count). The zero-order valence-electron chi connectivity index (χ0n) is 15.7. The van der Waals surface area contributed by atoms with Gasteiger partial charge in [-0.15, -0.1) is 0 Å². The Bertz CT molecular complexity index is 819. The van der Waals surface area contributed by atoms with Crippen molar-refractivity contribution in [3.63, 3.8) is 0 Å². The van der Waals surface area contributed by atoms with Gasteiger partial charge in [-0.25, -0.2) is 0 Å². The summed E-state index contributed by atoms with van der Waals surface area (Å²) in [6, 6.07) is 15.4. The molecule has 0 aromatic heterocycles. The summed E-state index contributed by atoms with van der Waals surface area (Å²) in [4.78, 5) is 26.3. The van der Waals surface area contributed by atoms with E-state index in [1.165, 1.54) is 0 Å². The van der Waals surface area contributed by atoms with E-state index in [1.54, 1.807) is 60.4 Å². The van der Waals surface area contributed by atoms with E-state index in [1.807, 2.05) is 19.9 Å². The van der Waals surface area contributed by atoms with Crippen molar-refractivity contribution in [3.05, 3.63) is 59.7 Å². The number of rotatable bonds is 7. The highest BCUT2D eigenvalue weighted by molar-refractivity contribution is 5.96. The Morgan fingerprint density at radius 1 is 1.07 bits per heavy atom. The fourth-order valence-electron chi connectivity index (χ4n) is 2.50. The molecule has 1 atom stereocenters. The van der Waals surface area contributed by atoms with Crippen LogP contribution in [0.5, 0.6) is 5.75 Å². The third-order valence-corrected chi connectivity index (χ3v) is 4.12. The van der Waals surface area contributed by atoms with E-state index in [-0.39, 0.29) is 11.8 Å². The number of hydrogen-bond donors (Lipinski definition) is 1. The second kappa shape index (κ2) is 9.39. The molecule has 0 unspecified atom stereocenters. The van der Waals surface area contributed by atoms with Crippen LogP contribution in [0.4, 0.5) is 5.69 Å². The molecule has 0 aliphatic rings. The van der Waals surface area contributed by atoms with Crippen LogP contribution in [0.2, 0.25) is 0 Å². The molecule has 0 aliphatic heterocycles. The highest BCUT2D eigenvalue weighted by atomic mass is 16.5. The van der Waals surface area contributed by atoms with Crippen LogP contribution in [0.3, 0.4) is 0 Å². The second-order valence-electron chi connectivity index (χ2n) is 5.94. The zero-order valence-corrected chi connectivity index (χ0v) is 15.7. The van der Waals surface area contributed by atoms with Gasteiger partial charge in [-0.2, -0.15) is 5.26 Å². The summed E-state index contributed by atoms with van der Waals surface area (Å²) in [5, 5.41) is 11.6. The number of ether oxygens (including phenoxy) is 1. The monoisotopic (exact) mass is 365 g/mol. The van der Waals surface area contributed by atoms with Gasteiger partial charge >= 0.3 is 0 Å². The van der Waals surface area contributed by atoms with Crippen molar-refractivity contribution in [2.75, 3.05) is 18.4 Å². The molecule has 140 valence electrons. The molecule has 0 fully saturated rings. The van der Waals surface area contributed by atoms with Crippen LogP contribution in [-0.2, 0) is 4.79 Å². The van der Waals surface area contributed by atoms with Gasteiger partial charge in [0.05, 0.1) is 11.6 Å². The number of amides is 2. The Hall–Kier alpha value is -3.33. The predicted octanol–water partition coefficient (Wildman–Crippen LogP) is 3.45. The zero-order chi connectivity index (χ0) is 19.8. The quantitative estimate of drug-likeness (QED) is 0.815. The average molecular weight is 365 g/mol. The molecule has 27 heavy (non-hydrogen) atoms. The third kappa shape index (κ3) is 5.32. The van der Waals surface area contributed by atoms with E-state index in [2.05, 4.69) is 5.32 Å². The van der Waals surface area contributed by atoms with E-state index in [9.17, 15) is 9.59 Å². The largest absolute Gasteiger partial charge is 0.481 e. The van der Waals surface area contributed by atoms with Crippen LogP contribution < -0.4 is 10.1 Å². The standard InChI is InChI=1S/C21H23N3O3/c1-4-24(5-2)21(26)17-8-10-18(11-9-17)23-20(25)15(3)27-19-12-6-16(14-22)7-13-19/h6-13,15H,4-5H2,1-3H3,(H,23,25)/t15-/m0/s1. The number of nitrogens with zero attached hydrogens (tertiary/aromatic N) is 2. The van der Waals surface area contributed by atoms with Crippen molar-refractivity contribution in [2.45, 2.75) is 26.9 Å². The van der Waals surface area contributed by atoms with Crippen LogP contribution in [0.15, 0.2) is 48.5 Å². The lowest BCUT2D eigenvalue weighted by Crippen LogP contribution is -2.31. The van der Waals surface area contributed by atoms with Gasteiger partial charge in [-0.1, -0.05) is 0 Å². The van der Waals surface area contributed by atoms with E-state index in [0.717, 1.165) is 0 Å². The van der Waals surface area contributed by atoms with Crippen LogP contribution >= 0.6 is 0 Å². The Morgan fingerprint density at radius 2 is 1.67 bits per heavy atom. The predicted molar refractivity (Wildman–Crippen MR) is 104 cm³/mol. The molecular weight excluding hydrogens is 342 g/mol. The molecule has 6 heteroatoms. The average Bonchev–Trinajstić information content (AvgIpc) is 2.70. The lowest BCUT2D eigenvalue weighted by molar-refractivity contribution is -0.122. The first-order valence-electron chi connectivity index (χ1n) is 8.85. The van der Waals surface area contributed by atoms with Crippen molar-refractivity contribution >= 4 is 17.5 Å². The lowest BCUT2D eigenvalue weighted by Gasteiger charge is -2.19. The molecule has 0 radical (unpaired) electrons. The maximum atomic E-state index is 12.3. The number of carbonyl (C=O) groups excluding carboxylic acids is 2. The number of benzene rings is 2. The summed E-state index contributed by atoms with van der Waals surface area (Å²) >= 11 is 0. The highest BCUT2D eigenvalue weighted by Crippen LogP contribution is 2.16. The molecule has 2 amide bonds. The maximum Gasteiger partial charge on any atom is 0.265 e. The van der Waals surface area contributed by atoms with Crippen LogP contribution in [0.25, 0.3) is 0 Å². The summed E-state index contributed by atoms with van der Waals surface area (Å²) in [6.45, 7) is 6.82. The Morgan fingerprint density at radius 3 is 2.19 bits per heavy atom. The minimum Gasteiger partial charge on any atom is -0.481 e. The normalized spacial score (nSPS) is 11.2. The first-order chi connectivity index (χ1) is 13.0. The minimum absolute atomic E-state index is 0.0320. The first kappa shape index (κ1) is 20.0. The van der Waals surface area contributed by atoms with Gasteiger partial charge < -0.3 is 15.0 Å². The molecule has 0 bridgehead atoms. The summed E-state index contributed by atoms with van der Waals surface area (Å²) in [5.74, 6) is 0.175. The summed E-state index contributed by atoms with van der Waals surface area (Å²) < 4.78 is 5.59. The molecule has 0 aliphatic carbocycles. The van der Waals surface area contributed by atoms with Gasteiger partial charge in [0.15, 0.2) is 6.10 Å². The van der Waals surface area contributed by atoms with Crippen molar-refractivity contribution in [2.24, 2.45) is 0 Å². The Balaban J connectivity index is 1.96. The number of hydrogen-bond acceptors (Lipinski definition) is 4. The Kier molecular flexibility index (Phi) is 6.95. The first-order valence-corrected chi connectivity index (χ1v) is 8.85. The smallest absolute Gasteiger partial charge is 0.265 e. The van der Waals surface area contributed by atoms with Crippen molar-refractivity contribution in [3.8, 4) is 11.8 Å². The summed E-state index contributed by atoms with van der Waals surface area (Å²) in [7, 11) is 0. The molecule has 0 spiro atoms.